The summed E-state index contributed by atoms with van der Waals surface area (Å²) in [4.78, 5) is 4.30. The number of rotatable bonds is 7. The summed E-state index contributed by atoms with van der Waals surface area (Å²) in [5.74, 6) is 1.78. The lowest BCUT2D eigenvalue weighted by Crippen LogP contribution is -2.25. The third-order valence-corrected chi connectivity index (χ3v) is 3.16. The van der Waals surface area contributed by atoms with Gasteiger partial charge in [-0.25, -0.2) is 4.98 Å². The molecule has 1 unspecified atom stereocenters. The van der Waals surface area contributed by atoms with Gasteiger partial charge in [-0.15, -0.1) is 0 Å². The molecule has 0 radical (unpaired) electrons. The lowest BCUT2D eigenvalue weighted by Gasteiger charge is -2.16. The predicted molar refractivity (Wildman–Crippen MR) is 74.2 cm³/mol. The first-order valence-corrected chi connectivity index (χ1v) is 6.97. The van der Waals surface area contributed by atoms with Gasteiger partial charge in [0.2, 0.25) is 0 Å². The molecule has 2 rings (SSSR count). The minimum absolute atomic E-state index is 0.0713. The molecular weight excluding hydrogens is 264 g/mol. The standard InChI is InChI=1S/C13H19ClN4O/c1-3-7-15-10(11-5-6-12(14)19-11)8-13-16-9-17-18(13)4-2/h5-6,9-10,15H,3-4,7-8H2,1-2H3. The normalized spacial score (nSPS) is 12.8. The molecule has 5 nitrogen and oxygen atoms in total. The quantitative estimate of drug-likeness (QED) is 0.848. The van der Waals surface area contributed by atoms with Crippen LogP contribution in [0.4, 0.5) is 0 Å². The van der Waals surface area contributed by atoms with Gasteiger partial charge in [0.05, 0.1) is 6.04 Å². The van der Waals surface area contributed by atoms with E-state index < -0.39 is 0 Å². The van der Waals surface area contributed by atoms with Crippen LogP contribution in [0.2, 0.25) is 5.22 Å². The van der Waals surface area contributed by atoms with Gasteiger partial charge in [-0.1, -0.05) is 6.92 Å². The van der Waals surface area contributed by atoms with Crippen LogP contribution in [-0.2, 0) is 13.0 Å². The molecule has 6 heteroatoms. The van der Waals surface area contributed by atoms with Crippen LogP contribution in [0.5, 0.6) is 0 Å². The molecular formula is C13H19ClN4O. The van der Waals surface area contributed by atoms with E-state index in [1.807, 2.05) is 10.7 Å². The lowest BCUT2D eigenvalue weighted by atomic mass is 10.1. The Hall–Kier alpha value is -1.33. The van der Waals surface area contributed by atoms with Crippen LogP contribution in [0.15, 0.2) is 22.9 Å². The molecule has 1 N–H and O–H groups in total. The highest BCUT2D eigenvalue weighted by Crippen LogP contribution is 2.22. The zero-order valence-electron chi connectivity index (χ0n) is 11.3. The van der Waals surface area contributed by atoms with E-state index >= 15 is 0 Å². The summed E-state index contributed by atoms with van der Waals surface area (Å²) in [5, 5.41) is 8.06. The number of hydrogen-bond donors (Lipinski definition) is 1. The fourth-order valence-electron chi connectivity index (χ4n) is 2.00. The second-order valence-electron chi connectivity index (χ2n) is 4.34. The molecule has 19 heavy (non-hydrogen) atoms. The number of furan rings is 1. The fourth-order valence-corrected chi connectivity index (χ4v) is 2.15. The molecule has 0 saturated heterocycles. The Morgan fingerprint density at radius 1 is 1.42 bits per heavy atom. The van der Waals surface area contributed by atoms with Gasteiger partial charge in [-0.05, 0) is 43.6 Å². The molecule has 0 aliphatic carbocycles. The largest absolute Gasteiger partial charge is 0.448 e. The maximum atomic E-state index is 5.85. The third kappa shape index (κ3) is 3.58. The first-order chi connectivity index (χ1) is 9.24. The van der Waals surface area contributed by atoms with E-state index in [1.54, 1.807) is 12.4 Å². The lowest BCUT2D eigenvalue weighted by molar-refractivity contribution is 0.401. The molecule has 104 valence electrons. The van der Waals surface area contributed by atoms with Crippen molar-refractivity contribution >= 4 is 11.6 Å². The van der Waals surface area contributed by atoms with Gasteiger partial charge in [0.25, 0.3) is 0 Å². The van der Waals surface area contributed by atoms with Crippen LogP contribution in [0.25, 0.3) is 0 Å². The van der Waals surface area contributed by atoms with Crippen LogP contribution in [-0.4, -0.2) is 21.3 Å². The Labute approximate surface area is 118 Å². The molecule has 0 aliphatic heterocycles. The summed E-state index contributed by atoms with van der Waals surface area (Å²) < 4.78 is 7.40. The number of aryl methyl sites for hydroxylation is 1. The van der Waals surface area contributed by atoms with Gasteiger partial charge in [0.1, 0.15) is 17.9 Å². The second kappa shape index (κ2) is 6.73. The number of aromatic nitrogens is 3. The first-order valence-electron chi connectivity index (χ1n) is 6.59. The van der Waals surface area contributed by atoms with Gasteiger partial charge < -0.3 is 9.73 Å². The molecule has 1 atom stereocenters. The smallest absolute Gasteiger partial charge is 0.193 e. The number of halogens is 1. The van der Waals surface area contributed by atoms with Crippen molar-refractivity contribution in [1.29, 1.82) is 0 Å². The van der Waals surface area contributed by atoms with E-state index in [0.717, 1.165) is 37.5 Å². The number of nitrogens with zero attached hydrogens (tertiary/aromatic N) is 3. The van der Waals surface area contributed by atoms with Gasteiger partial charge in [0, 0.05) is 13.0 Å². The number of nitrogens with one attached hydrogen (secondary N) is 1. The minimum atomic E-state index is 0.0713. The Morgan fingerprint density at radius 2 is 2.26 bits per heavy atom. The Morgan fingerprint density at radius 3 is 2.89 bits per heavy atom. The highest BCUT2D eigenvalue weighted by molar-refractivity contribution is 6.28. The average molecular weight is 283 g/mol. The summed E-state index contributed by atoms with van der Waals surface area (Å²) in [6.45, 7) is 5.92. The van der Waals surface area contributed by atoms with Crippen molar-refractivity contribution in [1.82, 2.24) is 20.1 Å². The van der Waals surface area contributed by atoms with Crippen LogP contribution >= 0.6 is 11.6 Å². The highest BCUT2D eigenvalue weighted by Gasteiger charge is 2.18. The molecule has 0 spiro atoms. The molecule has 0 amide bonds. The van der Waals surface area contributed by atoms with Crippen molar-refractivity contribution < 1.29 is 4.42 Å². The van der Waals surface area contributed by atoms with E-state index in [0.29, 0.717) is 5.22 Å². The van der Waals surface area contributed by atoms with E-state index in [9.17, 15) is 0 Å². The molecule has 2 aromatic rings. The second-order valence-corrected chi connectivity index (χ2v) is 4.72. The minimum Gasteiger partial charge on any atom is -0.448 e. The average Bonchev–Trinajstić information content (AvgIpc) is 3.02. The van der Waals surface area contributed by atoms with Gasteiger partial charge in [-0.2, -0.15) is 5.10 Å². The van der Waals surface area contributed by atoms with Crippen LogP contribution < -0.4 is 5.32 Å². The third-order valence-electron chi connectivity index (χ3n) is 2.96. The SMILES string of the molecule is CCCNC(Cc1ncnn1CC)c1ccc(Cl)o1. The van der Waals surface area contributed by atoms with Crippen LogP contribution in [0.3, 0.4) is 0 Å². The summed E-state index contributed by atoms with van der Waals surface area (Å²) in [7, 11) is 0. The molecule has 0 fully saturated rings. The van der Waals surface area contributed by atoms with Gasteiger partial charge in [0.15, 0.2) is 5.22 Å². The maximum Gasteiger partial charge on any atom is 0.193 e. The predicted octanol–water partition coefficient (Wildman–Crippen LogP) is 2.83. The summed E-state index contributed by atoms with van der Waals surface area (Å²) in [6.07, 6.45) is 3.38. The van der Waals surface area contributed by atoms with Crippen molar-refractivity contribution in [2.24, 2.45) is 0 Å². The van der Waals surface area contributed by atoms with Crippen molar-refractivity contribution in [2.45, 2.75) is 39.3 Å². The number of hydrogen-bond acceptors (Lipinski definition) is 4. The Balaban J connectivity index is 2.14. The highest BCUT2D eigenvalue weighted by atomic mass is 35.5. The zero-order chi connectivity index (χ0) is 13.7. The molecule has 0 saturated carbocycles. The van der Waals surface area contributed by atoms with Crippen LogP contribution in [0.1, 0.15) is 37.9 Å². The monoisotopic (exact) mass is 282 g/mol. The van der Waals surface area contributed by atoms with Gasteiger partial charge >= 0.3 is 0 Å². The van der Waals surface area contributed by atoms with Crippen molar-refractivity contribution in [2.75, 3.05) is 6.54 Å². The molecule has 0 bridgehead atoms. The molecule has 0 aliphatic rings. The van der Waals surface area contributed by atoms with E-state index in [4.69, 9.17) is 16.0 Å². The molecule has 2 heterocycles. The summed E-state index contributed by atoms with van der Waals surface area (Å²) in [5.41, 5.74) is 0. The van der Waals surface area contributed by atoms with Crippen LogP contribution in [0, 0.1) is 0 Å². The van der Waals surface area contributed by atoms with E-state index in [1.165, 1.54) is 0 Å². The zero-order valence-corrected chi connectivity index (χ0v) is 12.0. The van der Waals surface area contributed by atoms with E-state index in [-0.39, 0.29) is 6.04 Å². The Bertz CT molecular complexity index is 508. The molecule has 2 aromatic heterocycles. The molecule has 0 aromatic carbocycles. The maximum absolute atomic E-state index is 5.85. The Kier molecular flexibility index (Phi) is 4.99. The van der Waals surface area contributed by atoms with Crippen molar-refractivity contribution in [3.8, 4) is 0 Å². The van der Waals surface area contributed by atoms with Crippen molar-refractivity contribution in [3.05, 3.63) is 35.3 Å². The summed E-state index contributed by atoms with van der Waals surface area (Å²) in [6, 6.07) is 3.74. The fraction of sp³-hybridized carbons (Fsp3) is 0.538. The van der Waals surface area contributed by atoms with E-state index in [2.05, 4.69) is 29.2 Å². The van der Waals surface area contributed by atoms with Crippen molar-refractivity contribution in [3.63, 3.8) is 0 Å². The van der Waals surface area contributed by atoms with Gasteiger partial charge in [-0.3, -0.25) is 4.68 Å². The summed E-state index contributed by atoms with van der Waals surface area (Å²) >= 11 is 5.85. The first kappa shape index (κ1) is 14.1. The topological polar surface area (TPSA) is 55.9 Å².